The van der Waals surface area contributed by atoms with Crippen molar-refractivity contribution in [1.29, 1.82) is 0 Å². The van der Waals surface area contributed by atoms with Crippen LogP contribution in [0.5, 0.6) is 0 Å². The second-order valence-corrected chi connectivity index (χ2v) is 5.45. The average molecular weight is 271 g/mol. The minimum absolute atomic E-state index is 0.738. The molecule has 2 saturated heterocycles. The Morgan fingerprint density at radius 3 is 3.11 bits per heavy atom. The number of rotatable bonds is 5. The molecule has 0 radical (unpaired) electrons. The molecule has 2 fully saturated rings. The van der Waals surface area contributed by atoms with Crippen LogP contribution in [0.4, 0.5) is 0 Å². The van der Waals surface area contributed by atoms with Gasteiger partial charge in [-0.15, -0.1) is 0 Å². The van der Waals surface area contributed by atoms with E-state index in [1.165, 1.54) is 25.9 Å². The summed E-state index contributed by atoms with van der Waals surface area (Å²) in [5.74, 6) is 0. The largest absolute Gasteiger partial charge is 0.382 e. The Balaban J connectivity index is 1.63. The lowest BCUT2D eigenvalue weighted by Crippen LogP contribution is -2.54. The van der Waals surface area contributed by atoms with Crippen molar-refractivity contribution in [3.8, 4) is 0 Å². The van der Waals surface area contributed by atoms with Gasteiger partial charge in [-0.3, -0.25) is 4.90 Å². The molecule has 0 amide bonds. The van der Waals surface area contributed by atoms with Crippen LogP contribution in [-0.4, -0.2) is 66.9 Å². The zero-order valence-electron chi connectivity index (χ0n) is 11.4. The van der Waals surface area contributed by atoms with E-state index in [4.69, 9.17) is 17.0 Å². The summed E-state index contributed by atoms with van der Waals surface area (Å²) in [6.45, 7) is 9.21. The van der Waals surface area contributed by atoms with E-state index in [2.05, 4.69) is 15.1 Å². The Hall–Kier alpha value is -0.390. The first kappa shape index (κ1) is 14.0. The van der Waals surface area contributed by atoms with E-state index in [-0.39, 0.29) is 0 Å². The number of hydrogen-bond acceptors (Lipinski definition) is 3. The molecule has 2 heterocycles. The standard InChI is InChI=1S/C13H25N3OS/c1-2-17-10-4-6-14-13(18)16-9-8-15-7-3-5-12(15)11-16/h12H,2-11H2,1H3,(H,14,18). The van der Waals surface area contributed by atoms with E-state index in [1.54, 1.807) is 0 Å². The van der Waals surface area contributed by atoms with Crippen molar-refractivity contribution in [3.05, 3.63) is 0 Å². The van der Waals surface area contributed by atoms with Gasteiger partial charge in [0.05, 0.1) is 0 Å². The maximum Gasteiger partial charge on any atom is 0.169 e. The zero-order chi connectivity index (χ0) is 12.8. The van der Waals surface area contributed by atoms with Crippen molar-refractivity contribution >= 4 is 17.3 Å². The maximum atomic E-state index is 5.47. The molecule has 1 N–H and O–H groups in total. The molecular formula is C13H25N3OS. The lowest BCUT2D eigenvalue weighted by atomic mass is 10.2. The molecule has 0 bridgehead atoms. The normalized spacial score (nSPS) is 24.1. The molecule has 0 saturated carbocycles. The van der Waals surface area contributed by atoms with Crippen LogP contribution in [0.15, 0.2) is 0 Å². The molecule has 0 aromatic carbocycles. The number of piperazine rings is 1. The molecule has 2 aliphatic rings. The van der Waals surface area contributed by atoms with Crippen LogP contribution in [0.1, 0.15) is 26.2 Å². The molecule has 2 aliphatic heterocycles. The van der Waals surface area contributed by atoms with Crippen LogP contribution in [0, 0.1) is 0 Å². The summed E-state index contributed by atoms with van der Waals surface area (Å²) in [5, 5.41) is 4.28. The third-order valence-corrected chi connectivity index (χ3v) is 4.22. The Bertz CT molecular complexity index is 275. The summed E-state index contributed by atoms with van der Waals surface area (Å²) in [7, 11) is 0. The maximum absolute atomic E-state index is 5.47. The van der Waals surface area contributed by atoms with Crippen LogP contribution >= 0.6 is 12.2 Å². The van der Waals surface area contributed by atoms with Gasteiger partial charge in [0, 0.05) is 45.4 Å². The molecule has 0 aliphatic carbocycles. The molecule has 4 nitrogen and oxygen atoms in total. The summed E-state index contributed by atoms with van der Waals surface area (Å²) in [6.07, 6.45) is 3.72. The fourth-order valence-electron chi connectivity index (χ4n) is 2.80. The van der Waals surface area contributed by atoms with E-state index in [1.807, 2.05) is 6.92 Å². The van der Waals surface area contributed by atoms with Crippen LogP contribution in [0.3, 0.4) is 0 Å². The smallest absolute Gasteiger partial charge is 0.169 e. The van der Waals surface area contributed by atoms with Crippen molar-refractivity contribution in [2.45, 2.75) is 32.2 Å². The van der Waals surface area contributed by atoms with Crippen LogP contribution in [-0.2, 0) is 4.74 Å². The van der Waals surface area contributed by atoms with Crippen LogP contribution < -0.4 is 5.32 Å². The third-order valence-electron chi connectivity index (χ3n) is 3.82. The van der Waals surface area contributed by atoms with E-state index in [0.717, 1.165) is 50.4 Å². The fraction of sp³-hybridized carbons (Fsp3) is 0.923. The van der Waals surface area contributed by atoms with Gasteiger partial charge in [0.2, 0.25) is 0 Å². The molecule has 5 heteroatoms. The first-order chi connectivity index (χ1) is 8.81. The van der Waals surface area contributed by atoms with Gasteiger partial charge < -0.3 is 15.0 Å². The van der Waals surface area contributed by atoms with E-state index in [9.17, 15) is 0 Å². The summed E-state index contributed by atoms with van der Waals surface area (Å²) in [5.41, 5.74) is 0. The minimum Gasteiger partial charge on any atom is -0.382 e. The average Bonchev–Trinajstić information content (AvgIpc) is 2.85. The van der Waals surface area contributed by atoms with Gasteiger partial charge in [0.25, 0.3) is 0 Å². The van der Waals surface area contributed by atoms with Crippen molar-refractivity contribution in [3.63, 3.8) is 0 Å². The molecule has 1 atom stereocenters. The topological polar surface area (TPSA) is 27.7 Å². The van der Waals surface area contributed by atoms with Gasteiger partial charge >= 0.3 is 0 Å². The number of thiocarbonyl (C=S) groups is 1. The molecule has 104 valence electrons. The van der Waals surface area contributed by atoms with Crippen molar-refractivity contribution in [1.82, 2.24) is 15.1 Å². The summed E-state index contributed by atoms with van der Waals surface area (Å²) in [6, 6.07) is 0.738. The molecule has 0 aromatic rings. The quantitative estimate of drug-likeness (QED) is 0.596. The zero-order valence-corrected chi connectivity index (χ0v) is 12.2. The molecule has 18 heavy (non-hydrogen) atoms. The molecule has 0 aromatic heterocycles. The number of ether oxygens (including phenoxy) is 1. The molecule has 0 spiro atoms. The van der Waals surface area contributed by atoms with E-state index >= 15 is 0 Å². The summed E-state index contributed by atoms with van der Waals surface area (Å²) < 4.78 is 5.31. The fourth-order valence-corrected chi connectivity index (χ4v) is 3.07. The number of fused-ring (bicyclic) bond motifs is 1. The monoisotopic (exact) mass is 271 g/mol. The lowest BCUT2D eigenvalue weighted by Gasteiger charge is -2.38. The Labute approximate surface area is 116 Å². The van der Waals surface area contributed by atoms with Gasteiger partial charge in [-0.2, -0.15) is 0 Å². The number of nitrogens with one attached hydrogen (secondary N) is 1. The molecule has 2 rings (SSSR count). The molecular weight excluding hydrogens is 246 g/mol. The summed E-state index contributed by atoms with van der Waals surface area (Å²) >= 11 is 5.47. The minimum atomic E-state index is 0.738. The summed E-state index contributed by atoms with van der Waals surface area (Å²) in [4.78, 5) is 4.94. The Morgan fingerprint density at radius 2 is 2.28 bits per heavy atom. The third kappa shape index (κ3) is 3.80. The SMILES string of the molecule is CCOCCCNC(=S)N1CCN2CCCC2C1. The first-order valence-corrected chi connectivity index (χ1v) is 7.56. The van der Waals surface area contributed by atoms with E-state index in [0.29, 0.717) is 0 Å². The van der Waals surface area contributed by atoms with Gasteiger partial charge in [0.1, 0.15) is 0 Å². The molecule has 1 unspecified atom stereocenters. The van der Waals surface area contributed by atoms with Crippen molar-refractivity contribution < 1.29 is 4.74 Å². The van der Waals surface area contributed by atoms with Crippen molar-refractivity contribution in [2.75, 3.05) is 45.9 Å². The highest BCUT2D eigenvalue weighted by Gasteiger charge is 2.31. The van der Waals surface area contributed by atoms with E-state index < -0.39 is 0 Å². The van der Waals surface area contributed by atoms with Gasteiger partial charge in [-0.25, -0.2) is 0 Å². The predicted molar refractivity (Wildman–Crippen MR) is 77.9 cm³/mol. The second kappa shape index (κ2) is 7.26. The number of hydrogen-bond donors (Lipinski definition) is 1. The van der Waals surface area contributed by atoms with Gasteiger partial charge in [0.15, 0.2) is 5.11 Å². The van der Waals surface area contributed by atoms with Gasteiger partial charge in [-0.05, 0) is 44.9 Å². The highest BCUT2D eigenvalue weighted by molar-refractivity contribution is 7.80. The first-order valence-electron chi connectivity index (χ1n) is 7.16. The second-order valence-electron chi connectivity index (χ2n) is 5.06. The van der Waals surface area contributed by atoms with Gasteiger partial charge in [-0.1, -0.05) is 0 Å². The Kier molecular flexibility index (Phi) is 5.66. The van der Waals surface area contributed by atoms with Crippen molar-refractivity contribution in [2.24, 2.45) is 0 Å². The highest BCUT2D eigenvalue weighted by atomic mass is 32.1. The lowest BCUT2D eigenvalue weighted by molar-refractivity contribution is 0.143. The van der Waals surface area contributed by atoms with Crippen LogP contribution in [0.25, 0.3) is 0 Å². The Morgan fingerprint density at radius 1 is 1.39 bits per heavy atom. The predicted octanol–water partition coefficient (Wildman–Crippen LogP) is 1.07. The number of nitrogens with zero attached hydrogens (tertiary/aromatic N) is 2. The van der Waals surface area contributed by atoms with Crippen LogP contribution in [0.2, 0.25) is 0 Å². The highest BCUT2D eigenvalue weighted by Crippen LogP contribution is 2.21.